The topological polar surface area (TPSA) is 86.1 Å². The summed E-state index contributed by atoms with van der Waals surface area (Å²) in [6, 6.07) is 17.0. The van der Waals surface area contributed by atoms with E-state index in [0.29, 0.717) is 10.6 Å². The van der Waals surface area contributed by atoms with Crippen LogP contribution in [0, 0.1) is 0 Å². The van der Waals surface area contributed by atoms with Gasteiger partial charge in [-0.15, -0.1) is 11.3 Å². The summed E-state index contributed by atoms with van der Waals surface area (Å²) in [7, 11) is 1.60. The lowest BCUT2D eigenvalue weighted by Crippen LogP contribution is -2.34. The zero-order valence-electron chi connectivity index (χ0n) is 17.7. The molecule has 1 N–H and O–H groups in total. The second-order valence-electron chi connectivity index (χ2n) is 7.21. The molecular weight excluding hydrogens is 424 g/mol. The van der Waals surface area contributed by atoms with Crippen LogP contribution in [0.3, 0.4) is 0 Å². The van der Waals surface area contributed by atoms with Crippen molar-refractivity contribution in [3.63, 3.8) is 0 Å². The summed E-state index contributed by atoms with van der Waals surface area (Å²) in [6.45, 7) is 1.75. The Morgan fingerprint density at radius 1 is 1.19 bits per heavy atom. The lowest BCUT2D eigenvalue weighted by Gasteiger charge is -2.15. The Morgan fingerprint density at radius 3 is 2.78 bits per heavy atom. The van der Waals surface area contributed by atoms with Crippen molar-refractivity contribution in [2.45, 2.75) is 19.5 Å². The molecule has 2 heterocycles. The average Bonchev–Trinajstić information content (AvgIpc) is 3.31. The van der Waals surface area contributed by atoms with Gasteiger partial charge in [-0.1, -0.05) is 42.5 Å². The first-order valence-corrected chi connectivity index (χ1v) is 10.9. The van der Waals surface area contributed by atoms with Crippen molar-refractivity contribution in [1.29, 1.82) is 0 Å². The molecule has 0 saturated carbocycles. The number of ether oxygens (including phenoxy) is 1. The maximum atomic E-state index is 13.0. The fourth-order valence-corrected chi connectivity index (χ4v) is 4.12. The molecule has 0 aliphatic heterocycles. The number of aromatic nitrogens is 3. The standard InChI is InChI=1S/C24H22N4O3S/c1-16(18-9-6-10-19(11-18)31-2)26-22(29)13-28-15-25-12-20(24(28)30)23-27-21(14-32-23)17-7-4-3-5-8-17/h3-12,14-16H,13H2,1-2H3,(H,26,29)/t16-/m0/s1. The van der Waals surface area contributed by atoms with Crippen molar-refractivity contribution in [1.82, 2.24) is 19.9 Å². The van der Waals surface area contributed by atoms with Crippen molar-refractivity contribution in [3.05, 3.63) is 88.4 Å². The summed E-state index contributed by atoms with van der Waals surface area (Å²) in [5.74, 6) is 0.431. The van der Waals surface area contributed by atoms with Crippen LogP contribution < -0.4 is 15.6 Å². The predicted octanol–water partition coefficient (Wildman–Crippen LogP) is 3.92. The first-order valence-electron chi connectivity index (χ1n) is 10.0. The maximum Gasteiger partial charge on any atom is 0.264 e. The van der Waals surface area contributed by atoms with Crippen LogP contribution in [0.5, 0.6) is 5.75 Å². The highest BCUT2D eigenvalue weighted by molar-refractivity contribution is 7.13. The Morgan fingerprint density at radius 2 is 2.00 bits per heavy atom. The highest BCUT2D eigenvalue weighted by Gasteiger charge is 2.15. The molecule has 8 heteroatoms. The Kier molecular flexibility index (Phi) is 6.42. The minimum atomic E-state index is -0.307. The number of carbonyl (C=O) groups excluding carboxylic acids is 1. The van der Waals surface area contributed by atoms with Gasteiger partial charge >= 0.3 is 0 Å². The van der Waals surface area contributed by atoms with Crippen LogP contribution in [-0.2, 0) is 11.3 Å². The van der Waals surface area contributed by atoms with Gasteiger partial charge in [-0.05, 0) is 24.6 Å². The molecule has 32 heavy (non-hydrogen) atoms. The van der Waals surface area contributed by atoms with Crippen molar-refractivity contribution >= 4 is 17.2 Å². The molecule has 0 fully saturated rings. The molecule has 1 atom stereocenters. The van der Waals surface area contributed by atoms with E-state index in [4.69, 9.17) is 4.74 Å². The SMILES string of the molecule is COc1cccc([C@H](C)NC(=O)Cn2cncc(-c3nc(-c4ccccc4)cs3)c2=O)c1. The van der Waals surface area contributed by atoms with Crippen LogP contribution in [0.15, 0.2) is 77.3 Å². The summed E-state index contributed by atoms with van der Waals surface area (Å²) in [6.07, 6.45) is 2.86. The largest absolute Gasteiger partial charge is 0.497 e. The molecular formula is C24H22N4O3S. The summed E-state index contributed by atoms with van der Waals surface area (Å²) in [5.41, 5.74) is 2.75. The molecule has 0 aliphatic carbocycles. The smallest absolute Gasteiger partial charge is 0.264 e. The van der Waals surface area contributed by atoms with Gasteiger partial charge in [-0.3, -0.25) is 14.2 Å². The third-order valence-electron chi connectivity index (χ3n) is 4.99. The van der Waals surface area contributed by atoms with E-state index in [2.05, 4.69) is 15.3 Å². The number of rotatable bonds is 7. The van der Waals surface area contributed by atoms with E-state index in [0.717, 1.165) is 22.6 Å². The molecule has 4 aromatic rings. The van der Waals surface area contributed by atoms with Crippen LogP contribution in [0.1, 0.15) is 18.5 Å². The fraction of sp³-hybridized carbons (Fsp3) is 0.167. The molecule has 0 saturated heterocycles. The molecule has 2 aromatic heterocycles. The number of methoxy groups -OCH3 is 1. The van der Waals surface area contributed by atoms with Crippen LogP contribution in [0.4, 0.5) is 0 Å². The van der Waals surface area contributed by atoms with Gasteiger partial charge in [0, 0.05) is 17.1 Å². The van der Waals surface area contributed by atoms with Gasteiger partial charge in [0.25, 0.3) is 5.56 Å². The van der Waals surface area contributed by atoms with E-state index in [1.807, 2.05) is 66.9 Å². The molecule has 2 aromatic carbocycles. The molecule has 0 bridgehead atoms. The summed E-state index contributed by atoms with van der Waals surface area (Å²) in [4.78, 5) is 34.3. The van der Waals surface area contributed by atoms with E-state index in [1.54, 1.807) is 7.11 Å². The van der Waals surface area contributed by atoms with Crippen molar-refractivity contribution < 1.29 is 9.53 Å². The predicted molar refractivity (Wildman–Crippen MR) is 125 cm³/mol. The third-order valence-corrected chi connectivity index (χ3v) is 5.87. The van der Waals surface area contributed by atoms with Gasteiger partial charge in [0.1, 0.15) is 17.3 Å². The molecule has 7 nitrogen and oxygen atoms in total. The number of amides is 1. The zero-order valence-corrected chi connectivity index (χ0v) is 18.5. The summed E-state index contributed by atoms with van der Waals surface area (Å²) >= 11 is 1.37. The normalized spacial score (nSPS) is 11.7. The van der Waals surface area contributed by atoms with Gasteiger partial charge in [0.2, 0.25) is 5.91 Å². The van der Waals surface area contributed by atoms with Crippen LogP contribution in [0.2, 0.25) is 0 Å². The third kappa shape index (κ3) is 4.76. The molecule has 0 unspecified atom stereocenters. The van der Waals surface area contributed by atoms with Gasteiger partial charge in [0.05, 0.1) is 30.7 Å². The van der Waals surface area contributed by atoms with Crippen molar-refractivity contribution in [2.24, 2.45) is 0 Å². The Labute approximate surface area is 189 Å². The molecule has 0 aliphatic rings. The summed E-state index contributed by atoms with van der Waals surface area (Å²) < 4.78 is 6.53. The van der Waals surface area contributed by atoms with Gasteiger partial charge in [-0.25, -0.2) is 9.97 Å². The highest BCUT2D eigenvalue weighted by Crippen LogP contribution is 2.26. The van der Waals surface area contributed by atoms with Crippen molar-refractivity contribution in [2.75, 3.05) is 7.11 Å². The first-order chi connectivity index (χ1) is 15.5. The van der Waals surface area contributed by atoms with Gasteiger partial charge < -0.3 is 10.1 Å². The second-order valence-corrected chi connectivity index (χ2v) is 8.07. The summed E-state index contributed by atoms with van der Waals surface area (Å²) in [5, 5.41) is 5.39. The zero-order chi connectivity index (χ0) is 22.5. The fourth-order valence-electron chi connectivity index (χ4n) is 3.29. The lowest BCUT2D eigenvalue weighted by molar-refractivity contribution is -0.122. The van der Waals surface area contributed by atoms with E-state index < -0.39 is 0 Å². The Bertz CT molecular complexity index is 1280. The van der Waals surface area contributed by atoms with Crippen LogP contribution >= 0.6 is 11.3 Å². The van der Waals surface area contributed by atoms with E-state index in [1.165, 1.54) is 28.4 Å². The average molecular weight is 447 g/mol. The van der Waals surface area contributed by atoms with Crippen LogP contribution in [-0.4, -0.2) is 27.6 Å². The second kappa shape index (κ2) is 9.57. The highest BCUT2D eigenvalue weighted by atomic mass is 32.1. The molecule has 4 rings (SSSR count). The molecule has 0 spiro atoms. The minimum Gasteiger partial charge on any atom is -0.497 e. The lowest BCUT2D eigenvalue weighted by atomic mass is 10.1. The van der Waals surface area contributed by atoms with Crippen LogP contribution in [0.25, 0.3) is 21.8 Å². The monoisotopic (exact) mass is 446 g/mol. The number of nitrogens with one attached hydrogen (secondary N) is 1. The number of hydrogen-bond acceptors (Lipinski definition) is 6. The van der Waals surface area contributed by atoms with Gasteiger partial charge in [0.15, 0.2) is 0 Å². The van der Waals surface area contributed by atoms with Crippen molar-refractivity contribution in [3.8, 4) is 27.6 Å². The first kappa shape index (κ1) is 21.5. The van der Waals surface area contributed by atoms with Gasteiger partial charge in [-0.2, -0.15) is 0 Å². The quantitative estimate of drug-likeness (QED) is 0.465. The van der Waals surface area contributed by atoms with E-state index in [-0.39, 0.29) is 24.1 Å². The molecule has 0 radical (unpaired) electrons. The van der Waals surface area contributed by atoms with E-state index in [9.17, 15) is 9.59 Å². The maximum absolute atomic E-state index is 13.0. The van der Waals surface area contributed by atoms with E-state index >= 15 is 0 Å². The number of carbonyl (C=O) groups is 1. The molecule has 1 amide bonds. The Balaban J connectivity index is 1.50. The number of hydrogen-bond donors (Lipinski definition) is 1. The number of thiazole rings is 1. The molecule has 162 valence electrons. The minimum absolute atomic E-state index is 0.134. The number of nitrogens with zero attached hydrogens (tertiary/aromatic N) is 3. The number of benzene rings is 2. The Hall–Kier alpha value is -3.78.